The minimum absolute atomic E-state index is 0. The molecule has 0 saturated carbocycles. The molecule has 2 N–H and O–H groups in total. The van der Waals surface area contributed by atoms with Crippen LogP contribution < -0.4 is 34.7 Å². The molecule has 0 fully saturated rings. The zero-order valence-corrected chi connectivity index (χ0v) is 19.4. The van der Waals surface area contributed by atoms with Gasteiger partial charge < -0.3 is 20.1 Å². The fraction of sp³-hybridized carbons (Fsp3) is 0.952. The molecule has 0 aliphatic carbocycles. The summed E-state index contributed by atoms with van der Waals surface area (Å²) >= 11 is 0. The SMILES string of the molecule is CCCCCCCCCCCCCCCCC(CC(O)CO)C(=O)[O-].[Na+]. The van der Waals surface area contributed by atoms with Crippen LogP contribution in [0.25, 0.3) is 0 Å². The third kappa shape index (κ3) is 19.2. The summed E-state index contributed by atoms with van der Waals surface area (Å²) in [5.74, 6) is -1.75. The fourth-order valence-corrected chi connectivity index (χ4v) is 3.32. The van der Waals surface area contributed by atoms with Crippen molar-refractivity contribution in [3.05, 3.63) is 0 Å². The van der Waals surface area contributed by atoms with Crippen LogP contribution in [-0.2, 0) is 4.79 Å². The Morgan fingerprint density at radius 2 is 1.19 bits per heavy atom. The molecule has 0 rings (SSSR count). The second-order valence-electron chi connectivity index (χ2n) is 7.47. The Morgan fingerprint density at radius 3 is 1.54 bits per heavy atom. The maximum Gasteiger partial charge on any atom is 1.00 e. The van der Waals surface area contributed by atoms with Gasteiger partial charge in [-0.15, -0.1) is 0 Å². The Kier molecular flexibility index (Phi) is 23.9. The number of rotatable bonds is 19. The molecule has 0 spiro atoms. The first-order chi connectivity index (χ1) is 12.1. The van der Waals surface area contributed by atoms with Crippen molar-refractivity contribution >= 4 is 5.97 Å². The van der Waals surface area contributed by atoms with Gasteiger partial charge >= 0.3 is 29.6 Å². The molecule has 2 atom stereocenters. The molecule has 0 saturated heterocycles. The van der Waals surface area contributed by atoms with Crippen LogP contribution in [0.2, 0.25) is 0 Å². The first-order valence-electron chi connectivity index (χ1n) is 10.6. The van der Waals surface area contributed by atoms with Gasteiger partial charge in [-0.2, -0.15) is 0 Å². The maximum atomic E-state index is 11.0. The molecule has 4 nitrogen and oxygen atoms in total. The Balaban J connectivity index is 0. The van der Waals surface area contributed by atoms with E-state index in [0.717, 1.165) is 19.3 Å². The van der Waals surface area contributed by atoms with Gasteiger partial charge in [0.15, 0.2) is 0 Å². The summed E-state index contributed by atoms with van der Waals surface area (Å²) in [5.41, 5.74) is 0. The van der Waals surface area contributed by atoms with Crippen molar-refractivity contribution in [2.75, 3.05) is 6.61 Å². The van der Waals surface area contributed by atoms with Gasteiger partial charge in [0.1, 0.15) is 0 Å². The van der Waals surface area contributed by atoms with Crippen LogP contribution in [0.1, 0.15) is 110 Å². The van der Waals surface area contributed by atoms with E-state index in [0.29, 0.717) is 6.42 Å². The second kappa shape index (κ2) is 21.7. The van der Waals surface area contributed by atoms with Crippen LogP contribution in [0, 0.1) is 5.92 Å². The number of carboxylic acids is 1. The van der Waals surface area contributed by atoms with E-state index in [1.165, 1.54) is 70.6 Å². The van der Waals surface area contributed by atoms with Gasteiger partial charge in [0.05, 0.1) is 12.7 Å². The molecule has 150 valence electrons. The van der Waals surface area contributed by atoms with Crippen molar-refractivity contribution in [1.29, 1.82) is 0 Å². The van der Waals surface area contributed by atoms with Gasteiger partial charge in [-0.3, -0.25) is 0 Å². The number of hydrogen-bond acceptors (Lipinski definition) is 4. The predicted octanol–water partition coefficient (Wildman–Crippen LogP) is 0.971. The van der Waals surface area contributed by atoms with Crippen LogP contribution >= 0.6 is 0 Å². The average molecular weight is 381 g/mol. The van der Waals surface area contributed by atoms with E-state index in [-0.39, 0.29) is 42.6 Å². The number of carbonyl (C=O) groups excluding carboxylic acids is 1. The summed E-state index contributed by atoms with van der Waals surface area (Å²) in [5, 5.41) is 29.2. The summed E-state index contributed by atoms with van der Waals surface area (Å²) in [6, 6.07) is 0. The molecule has 0 radical (unpaired) electrons. The second-order valence-corrected chi connectivity index (χ2v) is 7.47. The smallest absolute Gasteiger partial charge is 0.550 e. The third-order valence-electron chi connectivity index (χ3n) is 5.01. The molecule has 0 amide bonds. The number of carbonyl (C=O) groups is 1. The summed E-state index contributed by atoms with van der Waals surface area (Å²) in [6.07, 6.45) is 17.5. The molecule has 0 bridgehead atoms. The van der Waals surface area contributed by atoms with Crippen molar-refractivity contribution in [2.24, 2.45) is 5.92 Å². The molecule has 0 aromatic rings. The van der Waals surface area contributed by atoms with E-state index >= 15 is 0 Å². The molecule has 0 aliphatic heterocycles. The van der Waals surface area contributed by atoms with Gasteiger partial charge in [-0.1, -0.05) is 96.8 Å². The minimum atomic E-state index is -1.11. The van der Waals surface area contributed by atoms with Crippen molar-refractivity contribution in [3.63, 3.8) is 0 Å². The number of aliphatic hydroxyl groups is 2. The van der Waals surface area contributed by atoms with E-state index in [1.54, 1.807) is 0 Å². The first kappa shape index (κ1) is 28.6. The zero-order valence-electron chi connectivity index (χ0n) is 17.4. The minimum Gasteiger partial charge on any atom is -0.550 e. The summed E-state index contributed by atoms with van der Waals surface area (Å²) in [7, 11) is 0. The molecular weight excluding hydrogens is 339 g/mol. The normalized spacial score (nSPS) is 13.2. The van der Waals surface area contributed by atoms with E-state index in [2.05, 4.69) is 6.92 Å². The molecule has 2 unspecified atom stereocenters. The van der Waals surface area contributed by atoms with E-state index in [1.807, 2.05) is 0 Å². The molecule has 5 heteroatoms. The number of aliphatic carboxylic acids is 1. The fourth-order valence-electron chi connectivity index (χ4n) is 3.32. The molecule has 0 aliphatic rings. The van der Waals surface area contributed by atoms with Gasteiger partial charge in [0.2, 0.25) is 0 Å². The van der Waals surface area contributed by atoms with Crippen LogP contribution in [0.3, 0.4) is 0 Å². The molecular formula is C21H41NaO4. The van der Waals surface area contributed by atoms with Crippen LogP contribution in [0.5, 0.6) is 0 Å². The molecule has 0 aromatic heterocycles. The third-order valence-corrected chi connectivity index (χ3v) is 5.01. The van der Waals surface area contributed by atoms with Crippen molar-refractivity contribution in [2.45, 2.75) is 116 Å². The maximum absolute atomic E-state index is 11.0. The largest absolute Gasteiger partial charge is 1.00 e. The molecule has 26 heavy (non-hydrogen) atoms. The monoisotopic (exact) mass is 380 g/mol. The van der Waals surface area contributed by atoms with Gasteiger partial charge in [-0.05, 0) is 12.8 Å². The predicted molar refractivity (Wildman–Crippen MR) is 101 cm³/mol. The first-order valence-corrected chi connectivity index (χ1v) is 10.6. The molecule has 0 heterocycles. The Morgan fingerprint density at radius 1 is 0.808 bits per heavy atom. The van der Waals surface area contributed by atoms with Crippen molar-refractivity contribution < 1.29 is 49.7 Å². The Hall–Kier alpha value is 0.390. The zero-order chi connectivity index (χ0) is 18.8. The van der Waals surface area contributed by atoms with Crippen molar-refractivity contribution in [3.8, 4) is 0 Å². The topological polar surface area (TPSA) is 80.6 Å². The van der Waals surface area contributed by atoms with E-state index in [4.69, 9.17) is 5.11 Å². The number of carboxylic acid groups (broad SMARTS) is 1. The summed E-state index contributed by atoms with van der Waals surface area (Å²) < 4.78 is 0. The number of hydrogen-bond donors (Lipinski definition) is 2. The van der Waals surface area contributed by atoms with Crippen LogP contribution in [0.4, 0.5) is 0 Å². The van der Waals surface area contributed by atoms with E-state index in [9.17, 15) is 15.0 Å². The summed E-state index contributed by atoms with van der Waals surface area (Å²) in [6.45, 7) is 1.87. The Bertz CT molecular complexity index is 300. The average Bonchev–Trinajstić information content (AvgIpc) is 2.60. The standard InChI is InChI=1S/C21H42O4.Na/c1-2-3-4-5-6-7-8-9-10-11-12-13-14-15-16-19(21(24)25)17-20(23)18-22;/h19-20,22-23H,2-18H2,1H3,(H,24,25);/q;+1/p-1. The quantitative estimate of drug-likeness (QED) is 0.258. The van der Waals surface area contributed by atoms with Crippen molar-refractivity contribution in [1.82, 2.24) is 0 Å². The van der Waals surface area contributed by atoms with Crippen LogP contribution in [0.15, 0.2) is 0 Å². The van der Waals surface area contributed by atoms with Crippen LogP contribution in [-0.4, -0.2) is 28.9 Å². The van der Waals surface area contributed by atoms with Gasteiger partial charge in [0, 0.05) is 11.9 Å². The molecule has 0 aromatic carbocycles. The van der Waals surface area contributed by atoms with E-state index < -0.39 is 18.0 Å². The number of aliphatic hydroxyl groups excluding tert-OH is 2. The van der Waals surface area contributed by atoms with Gasteiger partial charge in [-0.25, -0.2) is 0 Å². The summed E-state index contributed by atoms with van der Waals surface area (Å²) in [4.78, 5) is 11.0. The Labute approximate surface area is 183 Å². The number of unbranched alkanes of at least 4 members (excludes halogenated alkanes) is 13. The van der Waals surface area contributed by atoms with Gasteiger partial charge in [0.25, 0.3) is 0 Å².